The van der Waals surface area contributed by atoms with Crippen LogP contribution in [-0.2, 0) is 0 Å². The van der Waals surface area contributed by atoms with E-state index in [9.17, 15) is 9.18 Å². The third kappa shape index (κ3) is 2.84. The van der Waals surface area contributed by atoms with Gasteiger partial charge in [0.05, 0.1) is 11.9 Å². The van der Waals surface area contributed by atoms with Gasteiger partial charge in [0.25, 0.3) is 5.91 Å². The van der Waals surface area contributed by atoms with E-state index in [4.69, 9.17) is 11.6 Å². The predicted octanol–water partition coefficient (Wildman–Crippen LogP) is 3.43. The number of pyridine rings is 1. The molecule has 1 amide bonds. The summed E-state index contributed by atoms with van der Waals surface area (Å²) in [5.74, 6) is -0.651. The molecular formula is C13H10ClFN2O. The lowest BCUT2D eigenvalue weighted by Gasteiger charge is -2.06. The van der Waals surface area contributed by atoms with Crippen LogP contribution in [0.3, 0.4) is 0 Å². The fourth-order valence-corrected chi connectivity index (χ4v) is 1.55. The smallest absolute Gasteiger partial charge is 0.255 e. The highest BCUT2D eigenvalue weighted by Crippen LogP contribution is 2.13. The number of anilines is 1. The van der Waals surface area contributed by atoms with Crippen LogP contribution >= 0.6 is 11.6 Å². The predicted molar refractivity (Wildman–Crippen MR) is 68.3 cm³/mol. The van der Waals surface area contributed by atoms with Crippen molar-refractivity contribution >= 4 is 23.2 Å². The normalized spacial score (nSPS) is 10.2. The number of halogens is 2. The van der Waals surface area contributed by atoms with Gasteiger partial charge in [0.15, 0.2) is 0 Å². The highest BCUT2D eigenvalue weighted by atomic mass is 35.5. The monoisotopic (exact) mass is 264 g/mol. The van der Waals surface area contributed by atoms with Crippen LogP contribution in [0.4, 0.5) is 10.1 Å². The van der Waals surface area contributed by atoms with E-state index >= 15 is 0 Å². The molecule has 0 aliphatic carbocycles. The first kappa shape index (κ1) is 12.5. The van der Waals surface area contributed by atoms with Crippen molar-refractivity contribution in [3.8, 4) is 0 Å². The Bertz CT molecular complexity index is 584. The van der Waals surface area contributed by atoms with E-state index in [1.165, 1.54) is 24.4 Å². The molecule has 0 bridgehead atoms. The number of benzene rings is 1. The number of nitrogens with zero attached hydrogens (tertiary/aromatic N) is 1. The molecule has 3 nitrogen and oxygen atoms in total. The second-order valence-electron chi connectivity index (χ2n) is 3.79. The van der Waals surface area contributed by atoms with Crippen molar-refractivity contribution in [1.29, 1.82) is 0 Å². The third-order valence-electron chi connectivity index (χ3n) is 2.41. The standard InChI is InChI=1S/C13H10ClFN2O/c1-8-6-9(2-4-11(8)15)13(18)17-10-3-5-12(14)16-7-10/h2-7H,1H3,(H,17,18). The summed E-state index contributed by atoms with van der Waals surface area (Å²) in [6.07, 6.45) is 1.45. The van der Waals surface area contributed by atoms with E-state index in [1.54, 1.807) is 19.1 Å². The van der Waals surface area contributed by atoms with Crippen molar-refractivity contribution < 1.29 is 9.18 Å². The van der Waals surface area contributed by atoms with Crippen molar-refractivity contribution in [1.82, 2.24) is 4.98 Å². The van der Waals surface area contributed by atoms with Crippen molar-refractivity contribution in [3.63, 3.8) is 0 Å². The van der Waals surface area contributed by atoms with Crippen molar-refractivity contribution in [3.05, 3.63) is 58.6 Å². The van der Waals surface area contributed by atoms with Crippen LogP contribution in [0, 0.1) is 12.7 Å². The number of amides is 1. The molecule has 0 aliphatic heterocycles. The second-order valence-corrected chi connectivity index (χ2v) is 4.17. The molecule has 1 heterocycles. The molecule has 18 heavy (non-hydrogen) atoms. The molecule has 1 aromatic heterocycles. The maximum absolute atomic E-state index is 13.1. The number of aromatic nitrogens is 1. The molecule has 2 aromatic rings. The number of nitrogens with one attached hydrogen (secondary N) is 1. The van der Waals surface area contributed by atoms with Gasteiger partial charge in [-0.05, 0) is 42.8 Å². The van der Waals surface area contributed by atoms with Gasteiger partial charge in [0, 0.05) is 5.56 Å². The van der Waals surface area contributed by atoms with Crippen molar-refractivity contribution in [2.45, 2.75) is 6.92 Å². The second kappa shape index (κ2) is 5.14. The zero-order chi connectivity index (χ0) is 13.1. The first-order valence-electron chi connectivity index (χ1n) is 5.25. The Hall–Kier alpha value is -1.94. The van der Waals surface area contributed by atoms with Crippen LogP contribution in [0.1, 0.15) is 15.9 Å². The SMILES string of the molecule is Cc1cc(C(=O)Nc2ccc(Cl)nc2)ccc1F. The van der Waals surface area contributed by atoms with Gasteiger partial charge >= 0.3 is 0 Å². The van der Waals surface area contributed by atoms with Gasteiger partial charge in [-0.25, -0.2) is 9.37 Å². The summed E-state index contributed by atoms with van der Waals surface area (Å²) in [6, 6.07) is 7.41. The molecule has 0 spiro atoms. The lowest BCUT2D eigenvalue weighted by atomic mass is 10.1. The van der Waals surface area contributed by atoms with Crippen LogP contribution in [0.5, 0.6) is 0 Å². The Labute approximate surface area is 109 Å². The fourth-order valence-electron chi connectivity index (χ4n) is 1.44. The summed E-state index contributed by atoms with van der Waals surface area (Å²) < 4.78 is 13.1. The largest absolute Gasteiger partial charge is 0.321 e. The topological polar surface area (TPSA) is 42.0 Å². The molecule has 1 aromatic carbocycles. The summed E-state index contributed by atoms with van der Waals surface area (Å²) in [6.45, 7) is 1.61. The van der Waals surface area contributed by atoms with Gasteiger partial charge in [-0.2, -0.15) is 0 Å². The highest BCUT2D eigenvalue weighted by molar-refractivity contribution is 6.29. The fraction of sp³-hybridized carbons (Fsp3) is 0.0769. The van der Waals surface area contributed by atoms with Gasteiger partial charge in [0.2, 0.25) is 0 Å². The Kier molecular flexibility index (Phi) is 3.58. The summed E-state index contributed by atoms with van der Waals surface area (Å²) in [5, 5.41) is 3.00. The lowest BCUT2D eigenvalue weighted by molar-refractivity contribution is 0.102. The number of hydrogen-bond donors (Lipinski definition) is 1. The minimum Gasteiger partial charge on any atom is -0.321 e. The molecule has 1 N–H and O–H groups in total. The molecule has 0 aliphatic rings. The molecule has 92 valence electrons. The average Bonchev–Trinajstić information content (AvgIpc) is 2.35. The molecular weight excluding hydrogens is 255 g/mol. The molecule has 0 saturated heterocycles. The molecule has 0 atom stereocenters. The number of carbonyl (C=O) groups excluding carboxylic acids is 1. The number of aryl methyl sites for hydroxylation is 1. The minimum atomic E-state index is -0.334. The number of hydrogen-bond acceptors (Lipinski definition) is 2. The number of rotatable bonds is 2. The quantitative estimate of drug-likeness (QED) is 0.845. The molecule has 0 saturated carbocycles. The van der Waals surface area contributed by atoms with E-state index < -0.39 is 0 Å². The Morgan fingerprint density at radius 2 is 2.11 bits per heavy atom. The maximum Gasteiger partial charge on any atom is 0.255 e. The van der Waals surface area contributed by atoms with Crippen molar-refractivity contribution in [2.24, 2.45) is 0 Å². The zero-order valence-corrected chi connectivity index (χ0v) is 10.3. The molecule has 2 rings (SSSR count). The number of carbonyl (C=O) groups is 1. The van der Waals surface area contributed by atoms with Crippen LogP contribution in [0.2, 0.25) is 5.15 Å². The van der Waals surface area contributed by atoms with E-state index in [1.807, 2.05) is 0 Å². The molecule has 0 unspecified atom stereocenters. The van der Waals surface area contributed by atoms with Gasteiger partial charge in [-0.15, -0.1) is 0 Å². The third-order valence-corrected chi connectivity index (χ3v) is 2.63. The van der Waals surface area contributed by atoms with Crippen LogP contribution in [0.15, 0.2) is 36.5 Å². The van der Waals surface area contributed by atoms with E-state index in [-0.39, 0.29) is 11.7 Å². The zero-order valence-electron chi connectivity index (χ0n) is 9.58. The first-order valence-corrected chi connectivity index (χ1v) is 5.63. The van der Waals surface area contributed by atoms with E-state index in [0.29, 0.717) is 22.0 Å². The van der Waals surface area contributed by atoms with Crippen molar-refractivity contribution in [2.75, 3.05) is 5.32 Å². The van der Waals surface area contributed by atoms with Crippen LogP contribution in [-0.4, -0.2) is 10.9 Å². The summed E-state index contributed by atoms with van der Waals surface area (Å²) >= 11 is 5.64. The van der Waals surface area contributed by atoms with Gasteiger partial charge < -0.3 is 5.32 Å². The Morgan fingerprint density at radius 3 is 2.72 bits per heavy atom. The molecule has 5 heteroatoms. The van der Waals surface area contributed by atoms with E-state index in [2.05, 4.69) is 10.3 Å². The lowest BCUT2D eigenvalue weighted by Crippen LogP contribution is -2.12. The molecule has 0 fully saturated rings. The summed E-state index contributed by atoms with van der Waals surface area (Å²) in [7, 11) is 0. The Balaban J connectivity index is 2.16. The van der Waals surface area contributed by atoms with Gasteiger partial charge in [-0.1, -0.05) is 11.6 Å². The van der Waals surface area contributed by atoms with E-state index in [0.717, 1.165) is 0 Å². The Morgan fingerprint density at radius 1 is 1.33 bits per heavy atom. The highest BCUT2D eigenvalue weighted by Gasteiger charge is 2.08. The van der Waals surface area contributed by atoms with Gasteiger partial charge in [-0.3, -0.25) is 4.79 Å². The first-order chi connectivity index (χ1) is 8.56. The molecule has 0 radical (unpaired) electrons. The average molecular weight is 265 g/mol. The van der Waals surface area contributed by atoms with Crippen LogP contribution in [0.25, 0.3) is 0 Å². The minimum absolute atomic E-state index is 0.317. The maximum atomic E-state index is 13.1. The summed E-state index contributed by atoms with van der Waals surface area (Å²) in [4.78, 5) is 15.7. The summed E-state index contributed by atoms with van der Waals surface area (Å²) in [5.41, 5.74) is 1.35. The van der Waals surface area contributed by atoms with Gasteiger partial charge in [0.1, 0.15) is 11.0 Å². The van der Waals surface area contributed by atoms with Crippen LogP contribution < -0.4 is 5.32 Å².